The lowest BCUT2D eigenvalue weighted by Gasteiger charge is -2.26. The Hall–Kier alpha value is -2.27. The number of benzene rings is 1. The van der Waals surface area contributed by atoms with E-state index in [2.05, 4.69) is 20.0 Å². The molecule has 1 aromatic carbocycles. The van der Waals surface area contributed by atoms with E-state index in [1.807, 2.05) is 11.0 Å². The smallest absolute Gasteiger partial charge is 0.271 e. The maximum absolute atomic E-state index is 12.4. The van der Waals surface area contributed by atoms with E-state index in [0.29, 0.717) is 37.8 Å². The average molecular weight is 440 g/mol. The third kappa shape index (κ3) is 6.36. The van der Waals surface area contributed by atoms with Gasteiger partial charge in [0.05, 0.1) is 30.2 Å². The van der Waals surface area contributed by atoms with E-state index < -0.39 is 15.9 Å². The molecule has 0 saturated carbocycles. The minimum absolute atomic E-state index is 0.0512. The summed E-state index contributed by atoms with van der Waals surface area (Å²) in [7, 11) is -3.50. The molecule has 2 aromatic rings. The van der Waals surface area contributed by atoms with Gasteiger partial charge in [-0.05, 0) is 5.56 Å². The Kier molecular flexibility index (Phi) is 7.37. The summed E-state index contributed by atoms with van der Waals surface area (Å²) in [4.78, 5) is 22.7. The predicted molar refractivity (Wildman–Crippen MR) is 109 cm³/mol. The van der Waals surface area contributed by atoms with Crippen molar-refractivity contribution in [3.8, 4) is 0 Å². The van der Waals surface area contributed by atoms with E-state index in [-0.39, 0.29) is 29.6 Å². The van der Waals surface area contributed by atoms with E-state index in [0.717, 1.165) is 0 Å². The molecule has 1 fully saturated rings. The molecular weight excluding hydrogens is 418 g/mol. The zero-order valence-corrected chi connectivity index (χ0v) is 17.2. The summed E-state index contributed by atoms with van der Waals surface area (Å²) in [6, 6.07) is 8.86. The van der Waals surface area contributed by atoms with Gasteiger partial charge in [-0.15, -0.1) is 0 Å². The molecule has 0 spiro atoms. The Morgan fingerprint density at radius 2 is 1.90 bits per heavy atom. The number of carbonyl (C=O) groups excluding carboxylic acids is 1. The van der Waals surface area contributed by atoms with Crippen molar-refractivity contribution in [1.82, 2.24) is 20.0 Å². The number of morpholine rings is 1. The first kappa shape index (κ1) is 21.4. The molecule has 156 valence electrons. The van der Waals surface area contributed by atoms with Gasteiger partial charge in [0.15, 0.2) is 5.69 Å². The summed E-state index contributed by atoms with van der Waals surface area (Å²) in [6.07, 6.45) is 1.39. The van der Waals surface area contributed by atoms with Gasteiger partial charge in [0.25, 0.3) is 5.91 Å². The number of halogens is 1. The molecule has 0 radical (unpaired) electrons. The van der Waals surface area contributed by atoms with E-state index in [9.17, 15) is 13.2 Å². The van der Waals surface area contributed by atoms with Crippen LogP contribution in [0.3, 0.4) is 0 Å². The SMILES string of the molecule is O=C(NCCNS(=O)(=O)Cc1ccccc1)c1nc(N2CCOCC2)ncc1Cl. The minimum atomic E-state index is -3.50. The Morgan fingerprint density at radius 3 is 2.62 bits per heavy atom. The highest BCUT2D eigenvalue weighted by Crippen LogP contribution is 2.17. The molecule has 3 rings (SSSR count). The number of rotatable bonds is 8. The van der Waals surface area contributed by atoms with Gasteiger partial charge in [0.1, 0.15) is 0 Å². The van der Waals surface area contributed by atoms with Crippen LogP contribution in [0.1, 0.15) is 16.1 Å². The van der Waals surface area contributed by atoms with Crippen LogP contribution in [0.15, 0.2) is 36.5 Å². The highest BCUT2D eigenvalue weighted by molar-refractivity contribution is 7.88. The fraction of sp³-hybridized carbons (Fsp3) is 0.389. The van der Waals surface area contributed by atoms with Crippen LogP contribution in [-0.4, -0.2) is 63.7 Å². The molecule has 9 nitrogen and oxygen atoms in total. The van der Waals surface area contributed by atoms with Crippen LogP contribution in [0.4, 0.5) is 5.95 Å². The first-order valence-electron chi connectivity index (χ1n) is 9.09. The third-order valence-corrected chi connectivity index (χ3v) is 5.81. The van der Waals surface area contributed by atoms with Gasteiger partial charge in [-0.3, -0.25) is 4.79 Å². The fourth-order valence-electron chi connectivity index (χ4n) is 2.74. The van der Waals surface area contributed by atoms with Crippen LogP contribution in [0.5, 0.6) is 0 Å². The maximum Gasteiger partial charge on any atom is 0.271 e. The zero-order valence-electron chi connectivity index (χ0n) is 15.7. The standard InChI is InChI=1S/C18H22ClN5O4S/c19-15-12-21-18(24-8-10-28-11-9-24)23-16(15)17(25)20-6-7-22-29(26,27)13-14-4-2-1-3-5-14/h1-5,12,22H,6-11,13H2,(H,20,25). The van der Waals surface area contributed by atoms with Crippen molar-refractivity contribution >= 4 is 33.5 Å². The first-order valence-corrected chi connectivity index (χ1v) is 11.1. The predicted octanol–water partition coefficient (Wildman–Crippen LogP) is 0.816. The summed E-state index contributed by atoms with van der Waals surface area (Å²) in [5, 5.41) is 2.75. The average Bonchev–Trinajstić information content (AvgIpc) is 2.72. The van der Waals surface area contributed by atoms with Gasteiger partial charge in [0.2, 0.25) is 16.0 Å². The number of anilines is 1. The molecule has 0 aliphatic carbocycles. The number of sulfonamides is 1. The number of amides is 1. The van der Waals surface area contributed by atoms with E-state index in [4.69, 9.17) is 16.3 Å². The fourth-order valence-corrected chi connectivity index (χ4v) is 4.07. The molecule has 0 atom stereocenters. The van der Waals surface area contributed by atoms with Crippen LogP contribution < -0.4 is 14.9 Å². The Bertz CT molecular complexity index is 937. The second kappa shape index (κ2) is 9.97. The zero-order chi connectivity index (χ0) is 20.7. The van der Waals surface area contributed by atoms with Gasteiger partial charge in [0, 0.05) is 26.2 Å². The Morgan fingerprint density at radius 1 is 1.17 bits per heavy atom. The van der Waals surface area contributed by atoms with Crippen LogP contribution in [0.25, 0.3) is 0 Å². The molecule has 11 heteroatoms. The van der Waals surface area contributed by atoms with Gasteiger partial charge >= 0.3 is 0 Å². The largest absolute Gasteiger partial charge is 0.378 e. The van der Waals surface area contributed by atoms with Crippen molar-refractivity contribution in [2.75, 3.05) is 44.3 Å². The Labute approximate surface area is 174 Å². The molecule has 29 heavy (non-hydrogen) atoms. The van der Waals surface area contributed by atoms with Gasteiger partial charge in [-0.25, -0.2) is 23.1 Å². The lowest BCUT2D eigenvalue weighted by atomic mass is 10.2. The van der Waals surface area contributed by atoms with Crippen LogP contribution >= 0.6 is 11.6 Å². The second-order valence-electron chi connectivity index (χ2n) is 6.36. The summed E-state index contributed by atoms with van der Waals surface area (Å²) >= 11 is 6.07. The molecule has 1 aliphatic heterocycles. The summed E-state index contributed by atoms with van der Waals surface area (Å²) in [5.41, 5.74) is 0.739. The number of aromatic nitrogens is 2. The molecule has 2 heterocycles. The van der Waals surface area contributed by atoms with E-state index >= 15 is 0 Å². The van der Waals surface area contributed by atoms with Gasteiger partial charge in [-0.1, -0.05) is 41.9 Å². The third-order valence-electron chi connectivity index (χ3n) is 4.17. The van der Waals surface area contributed by atoms with Crippen molar-refractivity contribution in [2.45, 2.75) is 5.75 Å². The van der Waals surface area contributed by atoms with Gasteiger partial charge < -0.3 is 15.0 Å². The lowest BCUT2D eigenvalue weighted by Crippen LogP contribution is -2.38. The maximum atomic E-state index is 12.4. The first-order chi connectivity index (χ1) is 13.9. The number of carbonyl (C=O) groups is 1. The summed E-state index contributed by atoms with van der Waals surface area (Å²) in [5.74, 6) is -0.205. The highest BCUT2D eigenvalue weighted by Gasteiger charge is 2.19. The molecule has 1 saturated heterocycles. The van der Waals surface area contributed by atoms with Crippen LogP contribution in [-0.2, 0) is 20.5 Å². The van der Waals surface area contributed by atoms with E-state index in [1.54, 1.807) is 24.3 Å². The quantitative estimate of drug-likeness (QED) is 0.585. The molecular formula is C18H22ClN5O4S. The van der Waals surface area contributed by atoms with Crippen molar-refractivity contribution in [3.05, 3.63) is 52.8 Å². The number of hydrogen-bond donors (Lipinski definition) is 2. The molecule has 1 amide bonds. The number of nitrogens with one attached hydrogen (secondary N) is 2. The van der Waals surface area contributed by atoms with Crippen molar-refractivity contribution < 1.29 is 17.9 Å². The lowest BCUT2D eigenvalue weighted by molar-refractivity contribution is 0.0949. The van der Waals surface area contributed by atoms with Gasteiger partial charge in [-0.2, -0.15) is 0 Å². The van der Waals surface area contributed by atoms with E-state index in [1.165, 1.54) is 6.20 Å². The Balaban J connectivity index is 1.51. The van der Waals surface area contributed by atoms with Crippen molar-refractivity contribution in [1.29, 1.82) is 0 Å². The minimum Gasteiger partial charge on any atom is -0.378 e. The van der Waals surface area contributed by atoms with Crippen molar-refractivity contribution in [2.24, 2.45) is 0 Å². The molecule has 0 unspecified atom stereocenters. The van der Waals surface area contributed by atoms with Crippen LogP contribution in [0.2, 0.25) is 5.02 Å². The molecule has 1 aliphatic rings. The monoisotopic (exact) mass is 439 g/mol. The molecule has 1 aromatic heterocycles. The normalized spacial score (nSPS) is 14.6. The topological polar surface area (TPSA) is 114 Å². The summed E-state index contributed by atoms with van der Waals surface area (Å²) < 4.78 is 32.0. The number of nitrogens with zero attached hydrogens (tertiary/aromatic N) is 3. The number of hydrogen-bond acceptors (Lipinski definition) is 7. The molecule has 2 N–H and O–H groups in total. The van der Waals surface area contributed by atoms with Crippen LogP contribution in [0, 0.1) is 0 Å². The summed E-state index contributed by atoms with van der Waals surface area (Å²) in [6.45, 7) is 2.55. The molecule has 0 bridgehead atoms. The second-order valence-corrected chi connectivity index (χ2v) is 8.57. The number of ether oxygens (including phenoxy) is 1. The van der Waals surface area contributed by atoms with Crippen molar-refractivity contribution in [3.63, 3.8) is 0 Å². The highest BCUT2D eigenvalue weighted by atomic mass is 35.5.